The first-order chi connectivity index (χ1) is 26.4. The number of hydrogen-bond acceptors (Lipinski definition) is 12. The van der Waals surface area contributed by atoms with Gasteiger partial charge in [0.1, 0.15) is 25.1 Å². The molecular weight excluding hydrogens is 718 g/mol. The minimum atomic E-state index is -2.82. The molecule has 0 atom stereocenters. The first kappa shape index (κ1) is 36.8. The number of ether oxygens (including phenoxy) is 1. The Morgan fingerprint density at radius 3 is 2.40 bits per heavy atom. The van der Waals surface area contributed by atoms with E-state index >= 15 is 0 Å². The van der Waals surface area contributed by atoms with Gasteiger partial charge in [-0.2, -0.15) is 15.1 Å². The van der Waals surface area contributed by atoms with E-state index in [1.165, 1.54) is 0 Å². The van der Waals surface area contributed by atoms with E-state index in [9.17, 15) is 8.96 Å². The van der Waals surface area contributed by atoms with E-state index in [2.05, 4.69) is 57.6 Å². The number of benzene rings is 2. The number of methoxy groups -OCH3 is 1. The van der Waals surface area contributed by atoms with Crippen LogP contribution in [0.3, 0.4) is 0 Å². The maximum atomic E-state index is 13.8. The number of aromatic amines is 1. The monoisotopic (exact) mass is 766 g/mol. The van der Waals surface area contributed by atoms with E-state index in [0.717, 1.165) is 68.7 Å². The van der Waals surface area contributed by atoms with E-state index in [4.69, 9.17) is 14.7 Å². The van der Waals surface area contributed by atoms with Crippen molar-refractivity contribution in [2.24, 2.45) is 12.5 Å². The highest BCUT2D eigenvalue weighted by atomic mass is 31.2. The maximum absolute atomic E-state index is 13.8. The molecule has 0 unspecified atom stereocenters. The molecule has 3 N–H and O–H groups in total. The summed E-state index contributed by atoms with van der Waals surface area (Å²) < 4.78 is 35.2. The summed E-state index contributed by atoms with van der Waals surface area (Å²) in [6, 6.07) is 7.86. The lowest BCUT2D eigenvalue weighted by atomic mass is 9.70. The number of alkyl halides is 1. The number of nitrogens with one attached hydrogen (secondary N) is 3. The first-order valence-electron chi connectivity index (χ1n) is 18.7. The molecule has 14 nitrogen and oxygen atoms in total. The smallest absolute Gasteiger partial charge is 0.231 e. The molecule has 16 heteroatoms. The zero-order valence-electron chi connectivity index (χ0n) is 32.2. The molecule has 0 aliphatic carbocycles. The number of hydrogen-bond donors (Lipinski definition) is 3. The molecule has 2 aromatic carbocycles. The van der Waals surface area contributed by atoms with Gasteiger partial charge in [-0.15, -0.1) is 0 Å². The Balaban J connectivity index is 1.11. The van der Waals surface area contributed by atoms with Gasteiger partial charge in [-0.1, -0.05) is 0 Å². The summed E-state index contributed by atoms with van der Waals surface area (Å²) in [7, 11) is 0.753. The Kier molecular flexibility index (Phi) is 9.49. The van der Waals surface area contributed by atoms with Crippen LogP contribution in [0.4, 0.5) is 33.2 Å². The summed E-state index contributed by atoms with van der Waals surface area (Å²) in [5, 5.41) is 11.9. The fourth-order valence-corrected chi connectivity index (χ4v) is 9.57. The maximum Gasteiger partial charge on any atom is 0.231 e. The molecule has 0 saturated carbocycles. The van der Waals surface area contributed by atoms with Gasteiger partial charge < -0.3 is 29.8 Å². The fourth-order valence-electron chi connectivity index (χ4n) is 8.18. The third-order valence-electron chi connectivity index (χ3n) is 11.4. The van der Waals surface area contributed by atoms with Gasteiger partial charge in [0.2, 0.25) is 5.95 Å². The predicted molar refractivity (Wildman–Crippen MR) is 217 cm³/mol. The largest absolute Gasteiger partial charge is 0.494 e. The van der Waals surface area contributed by atoms with Gasteiger partial charge in [0.15, 0.2) is 17.0 Å². The summed E-state index contributed by atoms with van der Waals surface area (Å²) in [4.78, 5) is 31.0. The number of rotatable bonds is 10. The van der Waals surface area contributed by atoms with Gasteiger partial charge in [-0.3, -0.25) is 19.5 Å². The molecule has 0 bridgehead atoms. The number of likely N-dealkylation sites (tertiary alicyclic amines) is 1. The van der Waals surface area contributed by atoms with Crippen LogP contribution >= 0.6 is 7.14 Å². The van der Waals surface area contributed by atoms with Crippen molar-refractivity contribution in [3.63, 3.8) is 0 Å². The number of nitrogens with zero attached hydrogens (tertiary/aromatic N) is 9. The third kappa shape index (κ3) is 7.11. The van der Waals surface area contributed by atoms with Crippen LogP contribution in [0.15, 0.2) is 55.4 Å². The van der Waals surface area contributed by atoms with Crippen LogP contribution in [0, 0.1) is 5.41 Å². The number of fused-ring (bicyclic) bond motifs is 2. The standard InChI is InChI=1S/C39H48FN12O2P/c1-38(2,23-40)52-17-11-39(12-18-52)9-15-51(16-10-39)30-20-31(54-4)29(19-26(30)25-21-45-50(3)22-25)47-37-48-35-33(43-24-44-35)36(49-37)46-28-8-7-27-32(42-14-13-41-27)34(28)55(5,6)53/h7-8,13-14,19-22,24H,9-12,15-18,23H2,1-6H3,(H3,43,44,46,47,48,49). The number of imidazole rings is 1. The molecule has 0 amide bonds. The van der Waals surface area contributed by atoms with Gasteiger partial charge in [-0.05, 0) is 89.6 Å². The highest BCUT2D eigenvalue weighted by Gasteiger charge is 2.41. The lowest BCUT2D eigenvalue weighted by Crippen LogP contribution is -2.53. The molecule has 2 saturated heterocycles. The van der Waals surface area contributed by atoms with Crippen LogP contribution in [0.5, 0.6) is 5.75 Å². The molecule has 55 heavy (non-hydrogen) atoms. The molecule has 6 aromatic rings. The molecule has 0 radical (unpaired) electrons. The Hall–Kier alpha value is -5.14. The van der Waals surface area contributed by atoms with Crippen molar-refractivity contribution in [1.82, 2.24) is 44.6 Å². The van der Waals surface area contributed by atoms with Crippen molar-refractivity contribution < 1.29 is 13.7 Å². The SMILES string of the molecule is COc1cc(N2CCC3(CC2)CCN(C(C)(C)CF)CC3)c(-c2cnn(C)c2)cc1Nc1nc(Nc2ccc3nccnc3c2P(C)(C)=O)c2nc[nH]c2n1. The van der Waals surface area contributed by atoms with Crippen LogP contribution in [0.1, 0.15) is 39.5 Å². The average Bonchev–Trinajstić information content (AvgIpc) is 3.84. The lowest BCUT2D eigenvalue weighted by Gasteiger charge is -2.50. The topological polar surface area (TPSA) is 155 Å². The molecule has 2 aliphatic heterocycles. The fraction of sp³-hybridized carbons (Fsp3) is 0.436. The molecule has 4 aromatic heterocycles. The van der Waals surface area contributed by atoms with Crippen molar-refractivity contribution >= 4 is 63.5 Å². The zero-order chi connectivity index (χ0) is 38.5. The second kappa shape index (κ2) is 14.2. The van der Waals surface area contributed by atoms with Crippen LogP contribution in [0.2, 0.25) is 0 Å². The molecule has 6 heterocycles. The van der Waals surface area contributed by atoms with E-state index in [1.54, 1.807) is 43.8 Å². The second-order valence-electron chi connectivity index (χ2n) is 15.9. The molecule has 2 fully saturated rings. The Morgan fingerprint density at radius 2 is 1.71 bits per heavy atom. The van der Waals surface area contributed by atoms with Crippen molar-refractivity contribution in [2.45, 2.75) is 45.1 Å². The molecule has 1 spiro atoms. The molecular formula is C39H48FN12O2P. The van der Waals surface area contributed by atoms with Crippen LogP contribution in [-0.2, 0) is 11.6 Å². The van der Waals surface area contributed by atoms with Gasteiger partial charge in [0.05, 0.1) is 41.8 Å². The summed E-state index contributed by atoms with van der Waals surface area (Å²) in [5.74, 6) is 1.37. The highest BCUT2D eigenvalue weighted by molar-refractivity contribution is 7.71. The van der Waals surface area contributed by atoms with Gasteiger partial charge in [0, 0.05) is 67.1 Å². The van der Waals surface area contributed by atoms with E-state index in [-0.39, 0.29) is 12.1 Å². The third-order valence-corrected chi connectivity index (χ3v) is 13.0. The average molecular weight is 767 g/mol. The Morgan fingerprint density at radius 1 is 0.964 bits per heavy atom. The van der Waals surface area contributed by atoms with E-state index in [1.807, 2.05) is 45.4 Å². The minimum Gasteiger partial charge on any atom is -0.494 e. The second-order valence-corrected chi connectivity index (χ2v) is 19.0. The van der Waals surface area contributed by atoms with E-state index < -0.39 is 12.7 Å². The van der Waals surface area contributed by atoms with Gasteiger partial charge in [-0.25, -0.2) is 9.37 Å². The van der Waals surface area contributed by atoms with Gasteiger partial charge in [0.25, 0.3) is 0 Å². The summed E-state index contributed by atoms with van der Waals surface area (Å²) in [6.07, 6.45) is 13.0. The number of anilines is 5. The van der Waals surface area contributed by atoms with Gasteiger partial charge >= 0.3 is 0 Å². The van der Waals surface area contributed by atoms with Crippen LogP contribution in [0.25, 0.3) is 33.3 Å². The molecule has 8 rings (SSSR count). The summed E-state index contributed by atoms with van der Waals surface area (Å²) in [6.45, 7) is 10.8. The first-order valence-corrected chi connectivity index (χ1v) is 21.3. The number of piperidine rings is 2. The summed E-state index contributed by atoms with van der Waals surface area (Å²) in [5.41, 5.74) is 6.49. The number of aromatic nitrogens is 8. The predicted octanol–water partition coefficient (Wildman–Crippen LogP) is 6.87. The number of aryl methyl sites for hydroxylation is 1. The number of H-pyrrole nitrogens is 1. The number of halogens is 1. The Bertz CT molecular complexity index is 2410. The Labute approximate surface area is 319 Å². The zero-order valence-corrected chi connectivity index (χ0v) is 33.1. The van der Waals surface area contributed by atoms with E-state index in [0.29, 0.717) is 56.4 Å². The normalized spacial score (nSPS) is 16.6. The minimum absolute atomic E-state index is 0.278. The molecule has 288 valence electrons. The van der Waals surface area contributed by atoms with Crippen molar-refractivity contribution in [3.05, 3.63) is 55.4 Å². The van der Waals surface area contributed by atoms with Crippen molar-refractivity contribution in [3.8, 4) is 16.9 Å². The van der Waals surface area contributed by atoms with Crippen LogP contribution < -0.4 is 25.6 Å². The van der Waals surface area contributed by atoms with Crippen molar-refractivity contribution in [2.75, 3.05) is 68.8 Å². The molecule has 2 aliphatic rings. The van der Waals surface area contributed by atoms with Crippen LogP contribution in [-0.4, -0.2) is 103 Å². The van der Waals surface area contributed by atoms with Crippen molar-refractivity contribution in [1.29, 1.82) is 0 Å². The quantitative estimate of drug-likeness (QED) is 0.125. The lowest BCUT2D eigenvalue weighted by molar-refractivity contribution is 0.0112. The summed E-state index contributed by atoms with van der Waals surface area (Å²) >= 11 is 0. The highest BCUT2D eigenvalue weighted by Crippen LogP contribution is 2.47.